The number of amides is 1. The minimum absolute atomic E-state index is 0.0396. The Balaban J connectivity index is 0.917. The zero-order valence-electron chi connectivity index (χ0n) is 40.6. The van der Waals surface area contributed by atoms with Gasteiger partial charge in [-0.05, 0) is 147 Å². The number of aliphatic hydroxyl groups is 2. The largest absolute Gasteiger partial charge is 0.455 e. The SMILES string of the molecule is C[C@H](O)c1cc(F)c(-c2csc(C3=C(CN4CCN(c5ccc(C(=O)NS(=O)(=O)c6ccc(NC[C@H]7CC[C@](C)(O)CC7)c([N+](=O)[O-])c6)c(Oc6cnc7[nH]ccc7c6)c5)CC4)CCC(C)(C)C3)c2)c(F)c1. The molecule has 4 heterocycles. The summed E-state index contributed by atoms with van der Waals surface area (Å²) in [6, 6.07) is 16.2. The van der Waals surface area contributed by atoms with Crippen LogP contribution in [0.15, 0.2) is 95.0 Å². The van der Waals surface area contributed by atoms with Gasteiger partial charge in [0.1, 0.15) is 34.5 Å². The van der Waals surface area contributed by atoms with Crippen molar-refractivity contribution in [1.29, 1.82) is 0 Å². The molecule has 0 spiro atoms. The fourth-order valence-electron chi connectivity index (χ4n) is 9.99. The van der Waals surface area contributed by atoms with Gasteiger partial charge in [0, 0.05) is 73.5 Å². The lowest BCUT2D eigenvalue weighted by molar-refractivity contribution is -0.384. The van der Waals surface area contributed by atoms with Crippen LogP contribution in [0.4, 0.5) is 25.8 Å². The number of hydrogen-bond acceptors (Lipinski definition) is 13. The molecule has 1 atom stereocenters. The summed E-state index contributed by atoms with van der Waals surface area (Å²) in [5.74, 6) is -1.87. The Labute approximate surface area is 421 Å². The fourth-order valence-corrected chi connectivity index (χ4v) is 12.0. The maximum atomic E-state index is 15.3. The van der Waals surface area contributed by atoms with Gasteiger partial charge in [0.25, 0.3) is 21.6 Å². The standard InChI is InChI=1S/C53H59F2N7O8S2/c1-32(63)36-22-43(54)49(44(55)23-36)37-24-48(71-31-37)42-27-52(2,3)13-11-35(42)30-60-17-19-61(20-18-60)38-5-7-41(47(25-38)70-39-21-34-12-16-56-50(34)58-29-39)51(64)59-72(68,69)40-6-8-45(46(26-40)62(66)67)57-28-33-9-14-53(4,65)15-10-33/h5-8,12,16,21-26,29,31-33,57,63,65H,9-11,13-15,17-20,27-28,30H2,1-4H3,(H,56,58)(H,59,64)/t32-,33-,53-/m0/s1. The zero-order chi connectivity index (χ0) is 51.1. The van der Waals surface area contributed by atoms with Crippen LogP contribution in [-0.4, -0.2) is 89.2 Å². The van der Waals surface area contributed by atoms with E-state index in [1.54, 1.807) is 36.7 Å². The lowest BCUT2D eigenvalue weighted by Crippen LogP contribution is -2.47. The Morgan fingerprint density at radius 2 is 1.75 bits per heavy atom. The van der Waals surface area contributed by atoms with Gasteiger partial charge in [-0.2, -0.15) is 0 Å². The molecule has 1 saturated carbocycles. The normalized spacial score (nSPS) is 20.1. The summed E-state index contributed by atoms with van der Waals surface area (Å²) in [7, 11) is -4.62. The van der Waals surface area contributed by atoms with Crippen LogP contribution in [0.5, 0.6) is 11.5 Å². The number of rotatable bonds is 15. The van der Waals surface area contributed by atoms with E-state index in [0.29, 0.717) is 62.5 Å². The average molecular weight is 1020 g/mol. The first kappa shape index (κ1) is 50.7. The number of allylic oxidation sites excluding steroid dienone is 1. The molecule has 1 saturated heterocycles. The first-order valence-electron chi connectivity index (χ1n) is 24.2. The van der Waals surface area contributed by atoms with Gasteiger partial charge < -0.3 is 30.2 Å². The molecular formula is C53H59F2N7O8S2. The van der Waals surface area contributed by atoms with Crippen molar-refractivity contribution in [2.45, 2.75) is 89.2 Å². The predicted molar refractivity (Wildman–Crippen MR) is 275 cm³/mol. The number of ether oxygens (including phenoxy) is 1. The Morgan fingerprint density at radius 3 is 2.46 bits per heavy atom. The lowest BCUT2D eigenvalue weighted by Gasteiger charge is -2.39. The molecule has 0 unspecified atom stereocenters. The molecule has 6 aromatic rings. The van der Waals surface area contributed by atoms with Crippen molar-refractivity contribution < 1.29 is 41.9 Å². The fraction of sp³-hybridized carbons (Fsp3) is 0.396. The lowest BCUT2D eigenvalue weighted by atomic mass is 9.73. The third-order valence-electron chi connectivity index (χ3n) is 14.3. The first-order valence-corrected chi connectivity index (χ1v) is 26.6. The summed E-state index contributed by atoms with van der Waals surface area (Å²) in [4.78, 5) is 38.1. The van der Waals surface area contributed by atoms with Crippen LogP contribution in [0.3, 0.4) is 0 Å². The number of H-pyrrole nitrogens is 1. The molecule has 3 aromatic heterocycles. The van der Waals surface area contributed by atoms with Crippen LogP contribution in [-0.2, 0) is 10.0 Å². The summed E-state index contributed by atoms with van der Waals surface area (Å²) in [6.07, 6.45) is 7.66. The smallest absolute Gasteiger partial charge is 0.293 e. The van der Waals surface area contributed by atoms with Crippen LogP contribution in [0.2, 0.25) is 0 Å². The summed E-state index contributed by atoms with van der Waals surface area (Å²) < 4.78 is 66.6. The Morgan fingerprint density at radius 1 is 1.01 bits per heavy atom. The summed E-state index contributed by atoms with van der Waals surface area (Å²) in [5, 5.41) is 38.1. The summed E-state index contributed by atoms with van der Waals surface area (Å²) in [5.41, 5.74) is 3.31. The highest BCUT2D eigenvalue weighted by Crippen LogP contribution is 2.46. The van der Waals surface area contributed by atoms with E-state index < -0.39 is 54.8 Å². The van der Waals surface area contributed by atoms with Gasteiger partial charge in [-0.15, -0.1) is 11.3 Å². The van der Waals surface area contributed by atoms with Gasteiger partial charge in [0.05, 0.1) is 38.8 Å². The van der Waals surface area contributed by atoms with Crippen LogP contribution in [0.25, 0.3) is 27.7 Å². The molecule has 19 heteroatoms. The van der Waals surface area contributed by atoms with E-state index in [1.807, 2.05) is 12.1 Å². The number of anilines is 2. The highest BCUT2D eigenvalue weighted by molar-refractivity contribution is 7.90. The van der Waals surface area contributed by atoms with E-state index in [4.69, 9.17) is 4.74 Å². The second-order valence-electron chi connectivity index (χ2n) is 20.5. The molecule has 1 amide bonds. The van der Waals surface area contributed by atoms with Gasteiger partial charge in [-0.3, -0.25) is 19.8 Å². The Kier molecular flexibility index (Phi) is 14.3. The van der Waals surface area contributed by atoms with E-state index >= 15 is 8.78 Å². The van der Waals surface area contributed by atoms with Crippen molar-refractivity contribution in [2.75, 3.05) is 49.5 Å². The molecule has 380 valence electrons. The number of fused-ring (bicyclic) bond motifs is 1. The average Bonchev–Trinajstić information content (AvgIpc) is 4.02. The topological polar surface area (TPSA) is 203 Å². The van der Waals surface area contributed by atoms with Crippen molar-refractivity contribution in [1.82, 2.24) is 19.6 Å². The van der Waals surface area contributed by atoms with E-state index in [0.717, 1.165) is 60.7 Å². The highest BCUT2D eigenvalue weighted by atomic mass is 32.2. The number of nitro benzene ring substituents is 1. The molecule has 9 rings (SSSR count). The quantitative estimate of drug-likeness (QED) is 0.0482. The number of nitrogens with zero attached hydrogens (tertiary/aromatic N) is 4. The van der Waals surface area contributed by atoms with Gasteiger partial charge in [0.15, 0.2) is 0 Å². The van der Waals surface area contributed by atoms with Crippen molar-refractivity contribution in [3.8, 4) is 22.6 Å². The first-order chi connectivity index (χ1) is 34.2. The summed E-state index contributed by atoms with van der Waals surface area (Å²) in [6.45, 7) is 11.5. The number of aliphatic hydroxyl groups excluding tert-OH is 1. The molecule has 0 bridgehead atoms. The Hall–Kier alpha value is -6.25. The second kappa shape index (κ2) is 20.3. The number of thiophene rings is 1. The molecule has 3 aromatic carbocycles. The van der Waals surface area contributed by atoms with Crippen LogP contribution < -0.4 is 19.7 Å². The maximum Gasteiger partial charge on any atom is 0.293 e. The van der Waals surface area contributed by atoms with E-state index in [9.17, 15) is 33.5 Å². The molecule has 72 heavy (non-hydrogen) atoms. The molecule has 2 fully saturated rings. The van der Waals surface area contributed by atoms with Gasteiger partial charge in [-0.25, -0.2) is 26.9 Å². The molecule has 2 aliphatic carbocycles. The van der Waals surface area contributed by atoms with Crippen molar-refractivity contribution in [2.24, 2.45) is 11.3 Å². The number of pyridine rings is 1. The van der Waals surface area contributed by atoms with Crippen molar-refractivity contribution in [3.63, 3.8) is 0 Å². The minimum atomic E-state index is -4.62. The Bertz CT molecular complexity index is 3150. The van der Waals surface area contributed by atoms with E-state index in [1.165, 1.54) is 65.9 Å². The number of benzene rings is 3. The van der Waals surface area contributed by atoms with Crippen LogP contribution >= 0.6 is 11.3 Å². The van der Waals surface area contributed by atoms with Crippen LogP contribution in [0, 0.1) is 33.1 Å². The molecule has 3 aliphatic rings. The number of halogens is 2. The van der Waals surface area contributed by atoms with Crippen molar-refractivity contribution >= 4 is 60.9 Å². The van der Waals surface area contributed by atoms with Gasteiger partial charge >= 0.3 is 0 Å². The molecule has 1 aliphatic heterocycles. The monoisotopic (exact) mass is 1020 g/mol. The number of carbonyl (C=O) groups excluding carboxylic acids is 1. The molecule has 5 N–H and O–H groups in total. The summed E-state index contributed by atoms with van der Waals surface area (Å²) >= 11 is 1.48. The van der Waals surface area contributed by atoms with E-state index in [-0.39, 0.29) is 39.5 Å². The number of aromatic nitrogens is 2. The molecule has 0 radical (unpaired) electrons. The number of aromatic amines is 1. The van der Waals surface area contributed by atoms with Crippen LogP contribution in [0.1, 0.15) is 99.5 Å². The number of nitrogens with one attached hydrogen (secondary N) is 3. The highest BCUT2D eigenvalue weighted by Gasteiger charge is 2.33. The predicted octanol–water partition coefficient (Wildman–Crippen LogP) is 10.6. The number of piperazine rings is 1. The number of hydrogen-bond donors (Lipinski definition) is 5. The number of carbonyl (C=O) groups is 1. The molecular weight excluding hydrogens is 965 g/mol. The van der Waals surface area contributed by atoms with E-state index in [2.05, 4.69) is 43.7 Å². The van der Waals surface area contributed by atoms with Gasteiger partial charge in [-0.1, -0.05) is 19.4 Å². The number of nitro groups is 1. The maximum absolute atomic E-state index is 15.3. The van der Waals surface area contributed by atoms with Crippen molar-refractivity contribution in [3.05, 3.63) is 128 Å². The van der Waals surface area contributed by atoms with Gasteiger partial charge in [0.2, 0.25) is 0 Å². The minimum Gasteiger partial charge on any atom is -0.455 e. The third kappa shape index (κ3) is 11.3. The second-order valence-corrected chi connectivity index (χ2v) is 23.1. The third-order valence-corrected chi connectivity index (χ3v) is 16.7. The molecule has 15 nitrogen and oxygen atoms in total. The number of sulfonamides is 1. The zero-order valence-corrected chi connectivity index (χ0v) is 42.3.